The van der Waals surface area contributed by atoms with Gasteiger partial charge in [-0.3, -0.25) is 4.79 Å². The second-order valence-corrected chi connectivity index (χ2v) is 11.9. The van der Waals surface area contributed by atoms with Gasteiger partial charge < -0.3 is 24.2 Å². The van der Waals surface area contributed by atoms with Crippen LogP contribution in [-0.2, 0) is 4.74 Å². The number of methoxy groups -OCH3 is 1. The lowest BCUT2D eigenvalue weighted by atomic mass is 10.1. The van der Waals surface area contributed by atoms with E-state index < -0.39 is 11.4 Å². The number of hydrogen-bond donors (Lipinski definition) is 1. The minimum absolute atomic E-state index is 0.268. The van der Waals surface area contributed by atoms with Crippen molar-refractivity contribution in [3.8, 4) is 16.9 Å². The highest BCUT2D eigenvalue weighted by Gasteiger charge is 2.27. The third-order valence-electron chi connectivity index (χ3n) is 7.59. The van der Waals surface area contributed by atoms with Crippen LogP contribution in [0.3, 0.4) is 0 Å². The predicted molar refractivity (Wildman–Crippen MR) is 159 cm³/mol. The van der Waals surface area contributed by atoms with Crippen LogP contribution in [0.4, 0.5) is 10.8 Å². The number of anilines is 2. The van der Waals surface area contributed by atoms with Crippen molar-refractivity contribution in [1.29, 1.82) is 0 Å². The zero-order valence-electron chi connectivity index (χ0n) is 21.6. The summed E-state index contributed by atoms with van der Waals surface area (Å²) in [6.07, 6.45) is 5.98. The van der Waals surface area contributed by atoms with Gasteiger partial charge in [-0.1, -0.05) is 17.4 Å². The third-order valence-corrected chi connectivity index (χ3v) is 9.28. The first-order valence-electron chi connectivity index (χ1n) is 13.1. The predicted octanol–water partition coefficient (Wildman–Crippen LogP) is 5.79. The second-order valence-electron chi connectivity index (χ2n) is 10.1. The molecule has 0 amide bonds. The molecule has 0 aliphatic carbocycles. The summed E-state index contributed by atoms with van der Waals surface area (Å²) in [6, 6.07) is 13.7. The molecule has 2 aliphatic rings. The Hall–Kier alpha value is -3.21. The molecule has 0 saturated carbocycles. The summed E-state index contributed by atoms with van der Waals surface area (Å²) in [7, 11) is 1.73. The number of fused-ring (bicyclic) bond motifs is 1. The SMILES string of the molecule is COCC1CCCN1c1nc2ccc(-n3cc(C(=O)O)c(=O)cc3-c3ccc(N4CCCC4)c(Br)c3)cc2s1. The molecule has 4 heterocycles. The fourth-order valence-corrected chi connectivity index (χ4v) is 7.36. The molecule has 2 aromatic carbocycles. The highest BCUT2D eigenvalue weighted by Crippen LogP contribution is 2.36. The Bertz CT molecular complexity index is 1610. The summed E-state index contributed by atoms with van der Waals surface area (Å²) in [4.78, 5) is 34.3. The Morgan fingerprint density at radius 3 is 2.69 bits per heavy atom. The van der Waals surface area contributed by atoms with E-state index in [0.717, 1.165) is 69.2 Å². The number of ether oxygens (including phenoxy) is 1. The number of carbonyl (C=O) groups is 1. The summed E-state index contributed by atoms with van der Waals surface area (Å²) in [5.41, 5.74) is 3.44. The third kappa shape index (κ3) is 4.97. The van der Waals surface area contributed by atoms with Gasteiger partial charge in [-0.25, -0.2) is 9.78 Å². The number of carboxylic acids is 1. The minimum atomic E-state index is -1.25. The smallest absolute Gasteiger partial charge is 0.341 e. The molecule has 2 aliphatic heterocycles. The molecule has 8 nitrogen and oxygen atoms in total. The van der Waals surface area contributed by atoms with Crippen LogP contribution >= 0.6 is 27.3 Å². The Kier molecular flexibility index (Phi) is 7.18. The topological polar surface area (TPSA) is 87.9 Å². The second kappa shape index (κ2) is 10.7. The van der Waals surface area contributed by atoms with Crippen molar-refractivity contribution in [2.24, 2.45) is 0 Å². The van der Waals surface area contributed by atoms with E-state index in [0.29, 0.717) is 18.3 Å². The van der Waals surface area contributed by atoms with Gasteiger partial charge in [-0.05, 0) is 77.5 Å². The van der Waals surface area contributed by atoms with Crippen LogP contribution in [0.2, 0.25) is 0 Å². The monoisotopic (exact) mass is 608 g/mol. The van der Waals surface area contributed by atoms with Crippen molar-refractivity contribution >= 4 is 54.3 Å². The molecule has 1 unspecified atom stereocenters. The number of nitrogens with zero attached hydrogens (tertiary/aromatic N) is 4. The fraction of sp³-hybridized carbons (Fsp3) is 0.345. The highest BCUT2D eigenvalue weighted by molar-refractivity contribution is 9.10. The lowest BCUT2D eigenvalue weighted by molar-refractivity contribution is 0.0695. The van der Waals surface area contributed by atoms with Gasteiger partial charge in [0.15, 0.2) is 10.6 Å². The van der Waals surface area contributed by atoms with E-state index in [9.17, 15) is 14.7 Å². The van der Waals surface area contributed by atoms with Gasteiger partial charge in [0.2, 0.25) is 0 Å². The van der Waals surface area contributed by atoms with Gasteiger partial charge in [0, 0.05) is 49.2 Å². The van der Waals surface area contributed by atoms with E-state index in [1.54, 1.807) is 23.0 Å². The minimum Gasteiger partial charge on any atom is -0.477 e. The number of benzene rings is 2. The molecular weight excluding hydrogens is 580 g/mol. The number of pyridine rings is 1. The number of thiazole rings is 1. The van der Waals surface area contributed by atoms with E-state index in [1.165, 1.54) is 25.1 Å². The van der Waals surface area contributed by atoms with Crippen molar-refractivity contribution in [3.63, 3.8) is 0 Å². The molecule has 1 atom stereocenters. The standard InChI is InChI=1S/C29H29BrN4O4S/c1-38-17-20-5-4-12-33(20)29-31-23-8-7-19(14-27(23)39-29)34-16-21(28(36)37)26(35)15-25(34)18-6-9-24(22(30)13-18)32-10-2-3-11-32/h6-9,13-16,20H,2-5,10-12,17H2,1H3,(H,36,37). The normalized spacial score (nSPS) is 17.4. The quantitative estimate of drug-likeness (QED) is 0.284. The Balaban J connectivity index is 1.43. The maximum absolute atomic E-state index is 12.8. The molecule has 2 saturated heterocycles. The molecule has 0 bridgehead atoms. The molecule has 6 rings (SSSR count). The fourth-order valence-electron chi connectivity index (χ4n) is 5.64. The zero-order chi connectivity index (χ0) is 27.1. The van der Waals surface area contributed by atoms with Gasteiger partial charge in [0.05, 0.1) is 34.2 Å². The molecular formula is C29H29BrN4O4S. The molecule has 2 aromatic heterocycles. The number of carboxylic acid groups (broad SMARTS) is 1. The molecule has 10 heteroatoms. The number of aromatic carboxylic acids is 1. The van der Waals surface area contributed by atoms with Crippen molar-refractivity contribution in [2.45, 2.75) is 31.7 Å². The van der Waals surface area contributed by atoms with Crippen molar-refractivity contribution in [3.05, 3.63) is 68.9 Å². The first-order chi connectivity index (χ1) is 18.9. The van der Waals surface area contributed by atoms with Crippen LogP contribution < -0.4 is 15.2 Å². The molecule has 2 fully saturated rings. The Labute approximate surface area is 238 Å². The van der Waals surface area contributed by atoms with Crippen molar-refractivity contribution in [2.75, 3.05) is 43.2 Å². The summed E-state index contributed by atoms with van der Waals surface area (Å²) >= 11 is 5.35. The highest BCUT2D eigenvalue weighted by atomic mass is 79.9. The average Bonchev–Trinajstić information content (AvgIpc) is 3.69. The summed E-state index contributed by atoms with van der Waals surface area (Å²) in [5, 5.41) is 10.7. The van der Waals surface area contributed by atoms with E-state index >= 15 is 0 Å². The van der Waals surface area contributed by atoms with Crippen molar-refractivity contribution in [1.82, 2.24) is 9.55 Å². The van der Waals surface area contributed by atoms with Gasteiger partial charge >= 0.3 is 5.97 Å². The van der Waals surface area contributed by atoms with Crippen LogP contribution in [0.25, 0.3) is 27.2 Å². The maximum Gasteiger partial charge on any atom is 0.341 e. The number of hydrogen-bond acceptors (Lipinski definition) is 7. The lowest BCUT2D eigenvalue weighted by Gasteiger charge is -2.22. The van der Waals surface area contributed by atoms with Crippen LogP contribution in [-0.4, -0.2) is 60.0 Å². The van der Waals surface area contributed by atoms with Gasteiger partial charge in [-0.15, -0.1) is 0 Å². The van der Waals surface area contributed by atoms with Crippen LogP contribution in [0.1, 0.15) is 36.0 Å². The first-order valence-corrected chi connectivity index (χ1v) is 14.8. The number of halogens is 1. The molecule has 202 valence electrons. The maximum atomic E-state index is 12.8. The van der Waals surface area contributed by atoms with E-state index in [2.05, 4.69) is 31.8 Å². The summed E-state index contributed by atoms with van der Waals surface area (Å²) in [6.45, 7) is 3.67. The van der Waals surface area contributed by atoms with Crippen LogP contribution in [0, 0.1) is 0 Å². The van der Waals surface area contributed by atoms with E-state index in [-0.39, 0.29) is 5.56 Å². The van der Waals surface area contributed by atoms with Gasteiger partial charge in [0.25, 0.3) is 0 Å². The molecule has 39 heavy (non-hydrogen) atoms. The molecule has 0 radical (unpaired) electrons. The summed E-state index contributed by atoms with van der Waals surface area (Å²) in [5.74, 6) is -1.25. The Morgan fingerprint density at radius 2 is 1.95 bits per heavy atom. The first kappa shape index (κ1) is 26.0. The number of aromatic nitrogens is 2. The van der Waals surface area contributed by atoms with Crippen LogP contribution in [0.5, 0.6) is 0 Å². The van der Waals surface area contributed by atoms with Crippen LogP contribution in [0.15, 0.2) is 57.9 Å². The number of rotatable bonds is 7. The van der Waals surface area contributed by atoms with Gasteiger partial charge in [0.1, 0.15) is 5.56 Å². The Morgan fingerprint density at radius 1 is 1.13 bits per heavy atom. The van der Waals surface area contributed by atoms with E-state index in [4.69, 9.17) is 9.72 Å². The molecule has 1 N–H and O–H groups in total. The van der Waals surface area contributed by atoms with Gasteiger partial charge in [-0.2, -0.15) is 0 Å². The molecule has 4 aromatic rings. The lowest BCUT2D eigenvalue weighted by Crippen LogP contribution is -2.32. The van der Waals surface area contributed by atoms with Crippen molar-refractivity contribution < 1.29 is 14.6 Å². The summed E-state index contributed by atoms with van der Waals surface area (Å²) < 4.78 is 9.16. The average molecular weight is 610 g/mol. The largest absolute Gasteiger partial charge is 0.477 e. The molecule has 0 spiro atoms. The van der Waals surface area contributed by atoms with E-state index in [1.807, 2.05) is 30.3 Å². The zero-order valence-corrected chi connectivity index (χ0v) is 24.0.